The molecule has 5 nitrogen and oxygen atoms in total. The van der Waals surface area contributed by atoms with Crippen LogP contribution < -0.4 is 0 Å². The van der Waals surface area contributed by atoms with Crippen molar-refractivity contribution in [1.82, 2.24) is 4.90 Å². The van der Waals surface area contributed by atoms with Crippen LogP contribution >= 0.6 is 0 Å². The van der Waals surface area contributed by atoms with Crippen LogP contribution in [0, 0.1) is 5.92 Å². The fourth-order valence-corrected chi connectivity index (χ4v) is 3.54. The fourth-order valence-electron chi connectivity index (χ4n) is 3.54. The molecule has 3 rings (SSSR count). The number of rotatable bonds is 4. The molecule has 0 bridgehead atoms. The van der Waals surface area contributed by atoms with Crippen LogP contribution in [0.25, 0.3) is 0 Å². The minimum absolute atomic E-state index is 0.0568. The largest absolute Gasteiger partial charge is 0.481 e. The molecule has 0 aromatic heterocycles. The lowest BCUT2D eigenvalue weighted by molar-refractivity contribution is -0.148. The molecule has 2 atom stereocenters. The molecule has 2 aliphatic rings. The maximum absolute atomic E-state index is 12.4. The molecule has 0 saturated carbocycles. The first-order valence-electron chi connectivity index (χ1n) is 7.83. The predicted molar refractivity (Wildman–Crippen MR) is 80.6 cm³/mol. The number of amides is 1. The lowest BCUT2D eigenvalue weighted by atomic mass is 9.84. The average molecular weight is 303 g/mol. The number of morpholine rings is 1. The number of hydrogen-bond acceptors (Lipinski definition) is 3. The molecule has 118 valence electrons. The number of carbonyl (C=O) groups excluding carboxylic acids is 1. The van der Waals surface area contributed by atoms with Crippen molar-refractivity contribution in [3.05, 3.63) is 35.4 Å². The SMILES string of the molecule is O=C(O)C(CC(=O)N1CCOCC1)[C@@H]1CCc2ccccc21. The zero-order valence-electron chi connectivity index (χ0n) is 12.5. The summed E-state index contributed by atoms with van der Waals surface area (Å²) in [5.74, 6) is -1.64. The van der Waals surface area contributed by atoms with Gasteiger partial charge in [0, 0.05) is 19.5 Å². The first kappa shape index (κ1) is 15.0. The molecule has 1 aliphatic carbocycles. The number of hydrogen-bond donors (Lipinski definition) is 1. The van der Waals surface area contributed by atoms with Gasteiger partial charge in [-0.2, -0.15) is 0 Å². The van der Waals surface area contributed by atoms with E-state index in [1.807, 2.05) is 18.2 Å². The van der Waals surface area contributed by atoms with Crippen LogP contribution in [0.15, 0.2) is 24.3 Å². The molecule has 0 radical (unpaired) electrons. The minimum atomic E-state index is -0.872. The number of carbonyl (C=O) groups is 2. The Bertz CT molecular complexity index is 566. The number of benzene rings is 1. The van der Waals surface area contributed by atoms with Gasteiger partial charge in [0.25, 0.3) is 0 Å². The van der Waals surface area contributed by atoms with Crippen LogP contribution in [0.2, 0.25) is 0 Å². The van der Waals surface area contributed by atoms with Crippen molar-refractivity contribution in [3.8, 4) is 0 Å². The highest BCUT2D eigenvalue weighted by atomic mass is 16.5. The quantitative estimate of drug-likeness (QED) is 0.919. The molecule has 1 N–H and O–H groups in total. The minimum Gasteiger partial charge on any atom is -0.481 e. The van der Waals surface area contributed by atoms with Crippen molar-refractivity contribution >= 4 is 11.9 Å². The molecule has 22 heavy (non-hydrogen) atoms. The van der Waals surface area contributed by atoms with E-state index in [0.29, 0.717) is 26.3 Å². The van der Waals surface area contributed by atoms with Gasteiger partial charge in [-0.15, -0.1) is 0 Å². The Balaban J connectivity index is 1.74. The summed E-state index contributed by atoms with van der Waals surface area (Å²) in [6, 6.07) is 7.98. The highest BCUT2D eigenvalue weighted by molar-refractivity contribution is 5.83. The lowest BCUT2D eigenvalue weighted by Gasteiger charge is -2.29. The van der Waals surface area contributed by atoms with Crippen LogP contribution in [0.5, 0.6) is 0 Å². The molecular formula is C17H21NO4. The molecule has 1 amide bonds. The Morgan fingerprint density at radius 3 is 2.73 bits per heavy atom. The normalized spacial score (nSPS) is 22.2. The summed E-state index contributed by atoms with van der Waals surface area (Å²) in [5.41, 5.74) is 2.32. The van der Waals surface area contributed by atoms with E-state index in [1.165, 1.54) is 5.56 Å². The topological polar surface area (TPSA) is 66.8 Å². The number of aryl methyl sites for hydroxylation is 1. The maximum Gasteiger partial charge on any atom is 0.307 e. The highest BCUT2D eigenvalue weighted by Gasteiger charge is 2.36. The molecule has 1 aliphatic heterocycles. The summed E-state index contributed by atoms with van der Waals surface area (Å²) in [7, 11) is 0. The lowest BCUT2D eigenvalue weighted by Crippen LogP contribution is -2.42. The van der Waals surface area contributed by atoms with Gasteiger partial charge in [-0.05, 0) is 29.9 Å². The van der Waals surface area contributed by atoms with E-state index in [0.717, 1.165) is 18.4 Å². The summed E-state index contributed by atoms with van der Waals surface area (Å²) in [6.07, 6.45) is 1.79. The molecule has 1 unspecified atom stereocenters. The van der Waals surface area contributed by atoms with Gasteiger partial charge >= 0.3 is 5.97 Å². The number of carboxylic acid groups (broad SMARTS) is 1. The van der Waals surface area contributed by atoms with Gasteiger partial charge in [-0.1, -0.05) is 24.3 Å². The summed E-state index contributed by atoms with van der Waals surface area (Å²) < 4.78 is 5.24. The number of carboxylic acids is 1. The van der Waals surface area contributed by atoms with Gasteiger partial charge in [-0.25, -0.2) is 0 Å². The number of fused-ring (bicyclic) bond motifs is 1. The third-order valence-corrected chi connectivity index (χ3v) is 4.74. The van der Waals surface area contributed by atoms with Crippen molar-refractivity contribution in [2.24, 2.45) is 5.92 Å². The fraction of sp³-hybridized carbons (Fsp3) is 0.529. The summed E-state index contributed by atoms with van der Waals surface area (Å²) in [5, 5.41) is 9.61. The first-order chi connectivity index (χ1) is 10.7. The third-order valence-electron chi connectivity index (χ3n) is 4.74. The standard InChI is InChI=1S/C17H21NO4/c19-16(18-7-9-22-10-8-18)11-15(17(20)21)14-6-5-12-3-1-2-4-13(12)14/h1-4,14-15H,5-11H2,(H,20,21)/t14-,15?/m1/s1. The zero-order valence-corrected chi connectivity index (χ0v) is 12.5. The third kappa shape index (κ3) is 2.99. The van der Waals surface area contributed by atoms with Crippen molar-refractivity contribution < 1.29 is 19.4 Å². The van der Waals surface area contributed by atoms with E-state index < -0.39 is 11.9 Å². The van der Waals surface area contributed by atoms with Crippen LogP contribution in [0.4, 0.5) is 0 Å². The highest BCUT2D eigenvalue weighted by Crippen LogP contribution is 2.40. The first-order valence-corrected chi connectivity index (χ1v) is 7.83. The molecule has 1 fully saturated rings. The van der Waals surface area contributed by atoms with Gasteiger partial charge in [0.15, 0.2) is 0 Å². The maximum atomic E-state index is 12.4. The van der Waals surface area contributed by atoms with E-state index in [1.54, 1.807) is 4.90 Å². The van der Waals surface area contributed by atoms with E-state index in [-0.39, 0.29) is 18.2 Å². The van der Waals surface area contributed by atoms with Gasteiger partial charge in [0.1, 0.15) is 0 Å². The van der Waals surface area contributed by atoms with E-state index in [2.05, 4.69) is 6.07 Å². The number of aliphatic carboxylic acids is 1. The molecule has 1 aromatic carbocycles. The van der Waals surface area contributed by atoms with Crippen LogP contribution in [-0.4, -0.2) is 48.2 Å². The second-order valence-electron chi connectivity index (χ2n) is 5.99. The Morgan fingerprint density at radius 1 is 1.27 bits per heavy atom. The van der Waals surface area contributed by atoms with Gasteiger partial charge in [0.05, 0.1) is 19.1 Å². The Labute approximate surface area is 129 Å². The second kappa shape index (κ2) is 6.48. The second-order valence-corrected chi connectivity index (χ2v) is 5.99. The summed E-state index contributed by atoms with van der Waals surface area (Å²) in [6.45, 7) is 2.20. The average Bonchev–Trinajstić information content (AvgIpc) is 2.96. The van der Waals surface area contributed by atoms with Gasteiger partial charge < -0.3 is 14.7 Å². The Morgan fingerprint density at radius 2 is 2.00 bits per heavy atom. The van der Waals surface area contributed by atoms with Gasteiger partial charge in [0.2, 0.25) is 5.91 Å². The molecule has 1 saturated heterocycles. The molecule has 1 aromatic rings. The van der Waals surface area contributed by atoms with Crippen LogP contribution in [0.1, 0.15) is 29.9 Å². The zero-order chi connectivity index (χ0) is 15.5. The van der Waals surface area contributed by atoms with Crippen LogP contribution in [0.3, 0.4) is 0 Å². The Kier molecular flexibility index (Phi) is 4.43. The Hall–Kier alpha value is -1.88. The van der Waals surface area contributed by atoms with E-state index in [9.17, 15) is 14.7 Å². The molecule has 1 heterocycles. The molecule has 0 spiro atoms. The van der Waals surface area contributed by atoms with Crippen molar-refractivity contribution in [2.75, 3.05) is 26.3 Å². The van der Waals surface area contributed by atoms with Crippen molar-refractivity contribution in [3.63, 3.8) is 0 Å². The summed E-state index contributed by atoms with van der Waals surface area (Å²) >= 11 is 0. The number of nitrogens with zero attached hydrogens (tertiary/aromatic N) is 1. The predicted octanol–water partition coefficient (Wildman–Crippen LogP) is 1.67. The summed E-state index contributed by atoms with van der Waals surface area (Å²) in [4.78, 5) is 25.8. The molecule has 5 heteroatoms. The smallest absolute Gasteiger partial charge is 0.307 e. The van der Waals surface area contributed by atoms with Crippen LogP contribution in [-0.2, 0) is 20.7 Å². The number of ether oxygens (including phenoxy) is 1. The van der Waals surface area contributed by atoms with E-state index in [4.69, 9.17) is 4.74 Å². The van der Waals surface area contributed by atoms with E-state index >= 15 is 0 Å². The monoisotopic (exact) mass is 303 g/mol. The van der Waals surface area contributed by atoms with Gasteiger partial charge in [-0.3, -0.25) is 9.59 Å². The van der Waals surface area contributed by atoms with Crippen molar-refractivity contribution in [2.45, 2.75) is 25.2 Å². The molecular weight excluding hydrogens is 282 g/mol. The van der Waals surface area contributed by atoms with Crippen molar-refractivity contribution in [1.29, 1.82) is 0 Å².